The summed E-state index contributed by atoms with van der Waals surface area (Å²) < 4.78 is 6.71. The monoisotopic (exact) mass is 236 g/mol. The van der Waals surface area contributed by atoms with E-state index in [0.29, 0.717) is 18.3 Å². The molecule has 2 heterocycles. The largest absolute Gasteiger partial charge is 0.337 e. The molecule has 2 aromatic heterocycles. The number of nitrogens with zero attached hydrogens (tertiary/aromatic N) is 5. The highest BCUT2D eigenvalue weighted by Crippen LogP contribution is 2.03. The van der Waals surface area contributed by atoms with Crippen molar-refractivity contribution in [1.29, 1.82) is 0 Å². The summed E-state index contributed by atoms with van der Waals surface area (Å²) in [6, 6.07) is 0. The van der Waals surface area contributed by atoms with Crippen molar-refractivity contribution in [2.24, 2.45) is 5.73 Å². The molecule has 0 aliphatic heterocycles. The zero-order valence-electron chi connectivity index (χ0n) is 9.83. The van der Waals surface area contributed by atoms with Gasteiger partial charge in [0.15, 0.2) is 5.82 Å². The fraction of sp³-hybridized carbons (Fsp3) is 0.600. The molecule has 0 aliphatic rings. The minimum Gasteiger partial charge on any atom is -0.337 e. The highest BCUT2D eigenvalue weighted by Gasteiger charge is 2.06. The Kier molecular flexibility index (Phi) is 3.81. The van der Waals surface area contributed by atoms with Crippen LogP contribution in [0.25, 0.3) is 0 Å². The molecule has 17 heavy (non-hydrogen) atoms. The van der Waals surface area contributed by atoms with E-state index in [0.717, 1.165) is 31.5 Å². The van der Waals surface area contributed by atoms with Crippen LogP contribution in [0.2, 0.25) is 0 Å². The molecule has 0 fully saturated rings. The Labute approximate surface area is 99.0 Å². The molecule has 2 aromatic rings. The molecule has 2 rings (SSSR count). The highest BCUT2D eigenvalue weighted by molar-refractivity contribution is 4.94. The molecule has 7 heteroatoms. The van der Waals surface area contributed by atoms with Gasteiger partial charge in [0.25, 0.3) is 0 Å². The Morgan fingerprint density at radius 1 is 1.41 bits per heavy atom. The molecule has 92 valence electrons. The summed E-state index contributed by atoms with van der Waals surface area (Å²) >= 11 is 0. The average molecular weight is 236 g/mol. The van der Waals surface area contributed by atoms with Crippen LogP contribution in [0.15, 0.2) is 10.7 Å². The van der Waals surface area contributed by atoms with Gasteiger partial charge < -0.3 is 10.3 Å². The van der Waals surface area contributed by atoms with Crippen molar-refractivity contribution in [3.8, 4) is 0 Å². The van der Waals surface area contributed by atoms with E-state index in [9.17, 15) is 0 Å². The highest BCUT2D eigenvalue weighted by atomic mass is 16.5. The lowest BCUT2D eigenvalue weighted by Crippen LogP contribution is -2.00. The van der Waals surface area contributed by atoms with Crippen LogP contribution >= 0.6 is 0 Å². The van der Waals surface area contributed by atoms with E-state index < -0.39 is 0 Å². The van der Waals surface area contributed by atoms with Gasteiger partial charge in [-0.2, -0.15) is 4.98 Å². The Hall–Kier alpha value is -1.76. The summed E-state index contributed by atoms with van der Waals surface area (Å²) in [6.07, 6.45) is 4.85. The quantitative estimate of drug-likeness (QED) is 0.725. The smallest absolute Gasteiger partial charge is 0.248 e. The summed E-state index contributed by atoms with van der Waals surface area (Å²) in [5.74, 6) is 1.17. The number of aromatic nitrogens is 5. The van der Waals surface area contributed by atoms with Crippen molar-refractivity contribution in [1.82, 2.24) is 25.1 Å². The zero-order valence-corrected chi connectivity index (χ0v) is 9.83. The molecule has 0 unspecified atom stereocenters. The van der Waals surface area contributed by atoms with E-state index in [4.69, 9.17) is 10.3 Å². The van der Waals surface area contributed by atoms with Crippen molar-refractivity contribution in [2.45, 2.75) is 32.7 Å². The van der Waals surface area contributed by atoms with Gasteiger partial charge in [-0.3, -0.25) is 0 Å². The summed E-state index contributed by atoms with van der Waals surface area (Å²) in [5, 5.41) is 11.8. The van der Waals surface area contributed by atoms with E-state index in [1.165, 1.54) is 0 Å². The third-order valence-electron chi connectivity index (χ3n) is 2.34. The van der Waals surface area contributed by atoms with Crippen LogP contribution in [0.1, 0.15) is 30.3 Å². The third kappa shape index (κ3) is 3.35. The van der Waals surface area contributed by atoms with Gasteiger partial charge in [0, 0.05) is 6.20 Å². The molecule has 0 saturated heterocycles. The second kappa shape index (κ2) is 5.53. The second-order valence-corrected chi connectivity index (χ2v) is 3.89. The molecular weight excluding hydrogens is 220 g/mol. The fourth-order valence-corrected chi connectivity index (χ4v) is 1.52. The molecule has 0 aromatic carbocycles. The average Bonchev–Trinajstić information content (AvgIpc) is 2.90. The molecular formula is C10H16N6O. The molecule has 0 bridgehead atoms. The molecule has 2 N–H and O–H groups in total. The maximum Gasteiger partial charge on any atom is 0.248 e. The number of hydrogen-bond donors (Lipinski definition) is 1. The van der Waals surface area contributed by atoms with Crippen molar-refractivity contribution >= 4 is 0 Å². The Morgan fingerprint density at radius 3 is 3.00 bits per heavy atom. The lowest BCUT2D eigenvalue weighted by Gasteiger charge is -1.94. The fourth-order valence-electron chi connectivity index (χ4n) is 1.52. The van der Waals surface area contributed by atoms with E-state index in [1.54, 1.807) is 11.6 Å². The predicted molar refractivity (Wildman–Crippen MR) is 60.2 cm³/mol. The number of hydrogen-bond acceptors (Lipinski definition) is 6. The van der Waals surface area contributed by atoms with Crippen LogP contribution in [0.5, 0.6) is 0 Å². The van der Waals surface area contributed by atoms with E-state index in [-0.39, 0.29) is 0 Å². The first-order chi connectivity index (χ1) is 8.28. The van der Waals surface area contributed by atoms with Crippen molar-refractivity contribution < 1.29 is 4.52 Å². The number of unbranched alkanes of at least 4 members (excludes halogenated alkanes) is 1. The molecule has 7 nitrogen and oxygen atoms in total. The van der Waals surface area contributed by atoms with E-state index >= 15 is 0 Å². The first-order valence-electron chi connectivity index (χ1n) is 5.66. The first kappa shape index (κ1) is 11.7. The molecule has 0 aliphatic carbocycles. The molecule has 0 spiro atoms. The lowest BCUT2D eigenvalue weighted by atomic mass is 10.2. The number of aryl methyl sites for hydroxylation is 2. The summed E-state index contributed by atoms with van der Waals surface area (Å²) in [6.45, 7) is 2.96. The summed E-state index contributed by atoms with van der Waals surface area (Å²) in [7, 11) is 0. The normalized spacial score (nSPS) is 10.9. The van der Waals surface area contributed by atoms with Crippen LogP contribution in [0.3, 0.4) is 0 Å². The lowest BCUT2D eigenvalue weighted by molar-refractivity contribution is 0.361. The SMILES string of the molecule is Cc1noc(Cn2cc(CCCCN)nn2)n1. The van der Waals surface area contributed by atoms with Crippen LogP contribution in [0, 0.1) is 6.92 Å². The Bertz CT molecular complexity index is 463. The standard InChI is InChI=1S/C10H16N6O/c1-8-12-10(17-14-8)7-16-6-9(13-15-16)4-2-3-5-11/h6H,2-5,7,11H2,1H3. The number of rotatable bonds is 6. The topological polar surface area (TPSA) is 95.7 Å². The van der Waals surface area contributed by atoms with Crippen LogP contribution in [-0.2, 0) is 13.0 Å². The minimum absolute atomic E-state index is 0.463. The summed E-state index contributed by atoms with van der Waals surface area (Å²) in [5.41, 5.74) is 6.40. The maximum absolute atomic E-state index is 5.43. The zero-order chi connectivity index (χ0) is 12.1. The molecule has 0 radical (unpaired) electrons. The van der Waals surface area contributed by atoms with Gasteiger partial charge in [-0.25, -0.2) is 4.68 Å². The Balaban J connectivity index is 1.89. The van der Waals surface area contributed by atoms with Gasteiger partial charge in [-0.1, -0.05) is 10.4 Å². The minimum atomic E-state index is 0.463. The molecule has 0 saturated carbocycles. The van der Waals surface area contributed by atoms with Gasteiger partial charge in [0.2, 0.25) is 5.89 Å². The Morgan fingerprint density at radius 2 is 2.29 bits per heavy atom. The van der Waals surface area contributed by atoms with Gasteiger partial charge in [0.05, 0.1) is 5.69 Å². The maximum atomic E-state index is 5.43. The van der Waals surface area contributed by atoms with Crippen LogP contribution in [-0.4, -0.2) is 31.7 Å². The van der Waals surface area contributed by atoms with Gasteiger partial charge >= 0.3 is 0 Å². The second-order valence-electron chi connectivity index (χ2n) is 3.89. The van der Waals surface area contributed by atoms with Crippen molar-refractivity contribution in [2.75, 3.05) is 6.54 Å². The van der Waals surface area contributed by atoms with Crippen LogP contribution < -0.4 is 5.73 Å². The van der Waals surface area contributed by atoms with E-state index in [1.807, 2.05) is 6.20 Å². The van der Waals surface area contributed by atoms with Crippen molar-refractivity contribution in [3.05, 3.63) is 23.6 Å². The predicted octanol–water partition coefficient (Wildman–Crippen LogP) is 0.299. The molecule has 0 atom stereocenters. The van der Waals surface area contributed by atoms with Gasteiger partial charge in [-0.05, 0) is 32.7 Å². The van der Waals surface area contributed by atoms with Crippen LogP contribution in [0.4, 0.5) is 0 Å². The third-order valence-corrected chi connectivity index (χ3v) is 2.34. The summed E-state index contributed by atoms with van der Waals surface area (Å²) in [4.78, 5) is 4.11. The van der Waals surface area contributed by atoms with Crippen molar-refractivity contribution in [3.63, 3.8) is 0 Å². The molecule has 0 amide bonds. The van der Waals surface area contributed by atoms with Gasteiger partial charge in [-0.15, -0.1) is 5.10 Å². The van der Waals surface area contributed by atoms with E-state index in [2.05, 4.69) is 20.5 Å². The van der Waals surface area contributed by atoms with Gasteiger partial charge in [0.1, 0.15) is 6.54 Å². The first-order valence-corrected chi connectivity index (χ1v) is 5.66. The number of nitrogens with two attached hydrogens (primary N) is 1.